The van der Waals surface area contributed by atoms with Crippen molar-refractivity contribution in [2.24, 2.45) is 0 Å². The molecule has 2 N–H and O–H groups in total. The van der Waals surface area contributed by atoms with E-state index in [2.05, 4.69) is 17.3 Å². The zero-order chi connectivity index (χ0) is 12.9. The summed E-state index contributed by atoms with van der Waals surface area (Å²) in [4.78, 5) is 0. The van der Waals surface area contributed by atoms with Gasteiger partial charge in [0.15, 0.2) is 0 Å². The number of benzene rings is 1. The van der Waals surface area contributed by atoms with Crippen molar-refractivity contribution in [3.8, 4) is 0 Å². The highest BCUT2D eigenvalue weighted by Gasteiger charge is 2.15. The fourth-order valence-electron chi connectivity index (χ4n) is 1.27. The van der Waals surface area contributed by atoms with Gasteiger partial charge in [0.2, 0.25) is 0 Å². The molecule has 0 aliphatic carbocycles. The van der Waals surface area contributed by atoms with Crippen LogP contribution in [-0.4, -0.2) is 25.0 Å². The maximum absolute atomic E-state index is 10.1. The molecule has 8 heteroatoms. The third-order valence-electron chi connectivity index (χ3n) is 1.89. The monoisotopic (exact) mass is 261 g/mol. The van der Waals surface area contributed by atoms with Crippen molar-refractivity contribution in [3.05, 3.63) is 42.7 Å². The van der Waals surface area contributed by atoms with Crippen LogP contribution >= 0.6 is 0 Å². The van der Waals surface area contributed by atoms with Gasteiger partial charge in [0.05, 0.1) is 6.20 Å². The number of nitrogens with two attached hydrogens (primary N) is 1. The van der Waals surface area contributed by atoms with Crippen LogP contribution in [0.3, 0.4) is 0 Å². The molecule has 0 atom stereocenters. The second kappa shape index (κ2) is 5.62. The quantitative estimate of drug-likeness (QED) is 0.427. The lowest BCUT2D eigenvalue weighted by atomic mass is 10.3. The second-order valence-corrected chi connectivity index (χ2v) is 3.92. The van der Waals surface area contributed by atoms with Gasteiger partial charge in [-0.1, -0.05) is 18.2 Å². The Balaban J connectivity index is 0.000000249. The van der Waals surface area contributed by atoms with Crippen LogP contribution in [0.15, 0.2) is 42.7 Å². The standard InChI is InChI=1S/C9H11N3.FHO3S/c1-11-8-7-10-12(11)9-5-3-2-4-6-9;1-5(2,3)4/h2-8,10H,1H3;(H,2,3,4). The minimum Gasteiger partial charge on any atom is -0.722 e. The van der Waals surface area contributed by atoms with E-state index >= 15 is 0 Å². The van der Waals surface area contributed by atoms with Gasteiger partial charge in [0, 0.05) is 7.05 Å². The minimum absolute atomic E-state index is 1.19. The number of halogens is 1. The normalized spacial score (nSPS) is 14.5. The zero-order valence-corrected chi connectivity index (χ0v) is 9.84. The molecule has 0 bridgehead atoms. The number of nitrogens with zero attached hydrogens (tertiary/aromatic N) is 2. The van der Waals surface area contributed by atoms with Crippen molar-refractivity contribution in [1.29, 1.82) is 0 Å². The molecule has 1 aromatic carbocycles. The van der Waals surface area contributed by atoms with Crippen LogP contribution in [-0.2, 0) is 10.5 Å². The first kappa shape index (κ1) is 13.4. The van der Waals surface area contributed by atoms with Crippen molar-refractivity contribution in [3.63, 3.8) is 0 Å². The Hall–Kier alpha value is -1.64. The highest BCUT2D eigenvalue weighted by atomic mass is 32.3. The Kier molecular flexibility index (Phi) is 4.44. The average Bonchev–Trinajstić information content (AvgIpc) is 2.63. The van der Waals surface area contributed by atoms with Gasteiger partial charge < -0.3 is 4.55 Å². The molecule has 0 fully saturated rings. The summed E-state index contributed by atoms with van der Waals surface area (Å²) in [6.07, 6.45) is 4.04. The lowest BCUT2D eigenvalue weighted by molar-refractivity contribution is -0.608. The molecule has 0 aromatic heterocycles. The van der Waals surface area contributed by atoms with Crippen molar-refractivity contribution < 1.29 is 22.3 Å². The summed E-state index contributed by atoms with van der Waals surface area (Å²) in [5.74, 6) is 0. The highest BCUT2D eigenvalue weighted by molar-refractivity contribution is 7.80. The Labute approximate surface area is 98.9 Å². The van der Waals surface area contributed by atoms with E-state index in [1.165, 1.54) is 5.69 Å². The smallest absolute Gasteiger partial charge is 0.255 e. The summed E-state index contributed by atoms with van der Waals surface area (Å²) in [5.41, 5.74) is 3.22. The number of hydrogen-bond donors (Lipinski definition) is 1. The minimum atomic E-state index is -5.42. The topological polar surface area (TPSA) is 80.3 Å². The molecule has 2 rings (SSSR count). The van der Waals surface area contributed by atoms with E-state index in [9.17, 15) is 3.89 Å². The number of quaternary nitrogens is 1. The van der Waals surface area contributed by atoms with Crippen LogP contribution in [0.5, 0.6) is 0 Å². The Morgan fingerprint density at radius 3 is 2.24 bits per heavy atom. The Morgan fingerprint density at radius 1 is 1.29 bits per heavy atom. The number of hydrazine groups is 1. The molecule has 1 aromatic rings. The summed E-state index contributed by atoms with van der Waals surface area (Å²) in [5, 5.41) is 4.12. The predicted octanol–water partition coefficient (Wildman–Crippen LogP) is -0.281. The van der Waals surface area contributed by atoms with Crippen LogP contribution in [0.2, 0.25) is 0 Å². The fraction of sp³-hybridized carbons (Fsp3) is 0.111. The lowest BCUT2D eigenvalue weighted by Crippen LogP contribution is -2.89. The number of hydrogen-bond acceptors (Lipinski definition) is 5. The largest absolute Gasteiger partial charge is 0.722 e. The molecule has 0 saturated heterocycles. The van der Waals surface area contributed by atoms with Crippen molar-refractivity contribution in [2.45, 2.75) is 0 Å². The van der Waals surface area contributed by atoms with Gasteiger partial charge in [-0.2, -0.15) is 5.43 Å². The SMILES string of the molecule is CN1C=C[NH2+]N1c1ccccc1.O=S(=O)([O-])F. The Morgan fingerprint density at radius 2 is 1.82 bits per heavy atom. The molecule has 1 aliphatic rings. The molecular formula is C9H12FN3O3S. The van der Waals surface area contributed by atoms with Crippen molar-refractivity contribution in [1.82, 2.24) is 5.01 Å². The van der Waals surface area contributed by atoms with Crippen molar-refractivity contribution in [2.75, 3.05) is 12.2 Å². The van der Waals surface area contributed by atoms with Gasteiger partial charge in [-0.05, 0) is 12.1 Å². The highest BCUT2D eigenvalue weighted by Crippen LogP contribution is 2.11. The van der Waals surface area contributed by atoms with E-state index in [-0.39, 0.29) is 0 Å². The van der Waals surface area contributed by atoms with E-state index < -0.39 is 10.5 Å². The van der Waals surface area contributed by atoms with Crippen LogP contribution in [0.4, 0.5) is 9.57 Å². The van der Waals surface area contributed by atoms with Crippen LogP contribution < -0.4 is 10.5 Å². The summed E-state index contributed by atoms with van der Waals surface area (Å²) < 4.78 is 35.3. The van der Waals surface area contributed by atoms with Gasteiger partial charge in [-0.15, -0.1) is 9.00 Å². The van der Waals surface area contributed by atoms with E-state index in [1.54, 1.807) is 0 Å². The molecule has 1 heterocycles. The number of rotatable bonds is 1. The van der Waals surface area contributed by atoms with Crippen molar-refractivity contribution >= 4 is 16.2 Å². The third-order valence-corrected chi connectivity index (χ3v) is 1.89. The van der Waals surface area contributed by atoms with Gasteiger partial charge in [0.1, 0.15) is 11.9 Å². The molecule has 0 saturated carbocycles. The van der Waals surface area contributed by atoms with E-state index in [0.717, 1.165) is 0 Å². The zero-order valence-electron chi connectivity index (χ0n) is 9.02. The summed E-state index contributed by atoms with van der Waals surface area (Å²) in [6, 6.07) is 10.3. The molecule has 0 spiro atoms. The molecule has 0 radical (unpaired) electrons. The molecule has 94 valence electrons. The van der Waals surface area contributed by atoms with E-state index in [0.29, 0.717) is 0 Å². The van der Waals surface area contributed by atoms with Gasteiger partial charge in [-0.3, -0.25) is 0 Å². The maximum Gasteiger partial charge on any atom is 0.255 e. The van der Waals surface area contributed by atoms with E-state index in [4.69, 9.17) is 13.0 Å². The van der Waals surface area contributed by atoms with Gasteiger partial charge in [-0.25, -0.2) is 13.4 Å². The summed E-state index contributed by atoms with van der Waals surface area (Å²) in [6.45, 7) is 0. The third kappa shape index (κ3) is 5.29. The molecular weight excluding hydrogens is 249 g/mol. The first-order valence-corrected chi connectivity index (χ1v) is 5.93. The molecule has 1 aliphatic heterocycles. The second-order valence-electron chi connectivity index (χ2n) is 3.14. The van der Waals surface area contributed by atoms with Gasteiger partial charge >= 0.3 is 0 Å². The first-order chi connectivity index (χ1) is 7.88. The molecule has 0 unspecified atom stereocenters. The maximum atomic E-state index is 10.1. The fourth-order valence-corrected chi connectivity index (χ4v) is 1.27. The summed E-state index contributed by atoms with van der Waals surface area (Å²) >= 11 is 0. The molecule has 6 nitrogen and oxygen atoms in total. The van der Waals surface area contributed by atoms with Crippen LogP contribution in [0.25, 0.3) is 0 Å². The Bertz CT molecular complexity index is 470. The first-order valence-electron chi connectivity index (χ1n) is 4.62. The van der Waals surface area contributed by atoms with Crippen LogP contribution in [0, 0.1) is 0 Å². The lowest BCUT2D eigenvalue weighted by Gasteiger charge is -2.21. The molecule has 0 amide bonds. The van der Waals surface area contributed by atoms with Gasteiger partial charge in [0.25, 0.3) is 10.5 Å². The average molecular weight is 261 g/mol. The number of anilines is 1. The van der Waals surface area contributed by atoms with E-state index in [1.807, 2.05) is 48.1 Å². The molecule has 17 heavy (non-hydrogen) atoms. The predicted molar refractivity (Wildman–Crippen MR) is 58.6 cm³/mol. The van der Waals surface area contributed by atoms with Crippen LogP contribution in [0.1, 0.15) is 0 Å². The summed E-state index contributed by atoms with van der Waals surface area (Å²) in [7, 11) is -3.40. The number of para-hydroxylation sites is 1.